The Labute approximate surface area is 152 Å². The number of benzene rings is 2. The lowest BCUT2D eigenvalue weighted by Gasteiger charge is -2.13. The van der Waals surface area contributed by atoms with Crippen LogP contribution < -0.4 is 4.74 Å². The zero-order valence-corrected chi connectivity index (χ0v) is 15.3. The number of hydrogen-bond acceptors (Lipinski definition) is 4. The summed E-state index contributed by atoms with van der Waals surface area (Å²) in [5.74, 6) is -0.985. The second-order valence-electron chi connectivity index (χ2n) is 6.14. The summed E-state index contributed by atoms with van der Waals surface area (Å²) < 4.78 is 34.7. The van der Waals surface area contributed by atoms with Crippen LogP contribution in [0.25, 0.3) is 0 Å². The normalized spacial score (nSPS) is 14.6. The molecule has 1 heterocycles. The van der Waals surface area contributed by atoms with Gasteiger partial charge >= 0.3 is 5.97 Å². The van der Waals surface area contributed by atoms with Crippen LogP contribution in [0.3, 0.4) is 0 Å². The van der Waals surface area contributed by atoms with Crippen molar-refractivity contribution in [3.05, 3.63) is 58.7 Å². The first kappa shape index (κ1) is 18.1. The van der Waals surface area contributed by atoms with Gasteiger partial charge in [0, 0.05) is 5.56 Å². The Morgan fingerprint density at radius 2 is 1.88 bits per heavy atom. The van der Waals surface area contributed by atoms with E-state index in [0.717, 1.165) is 24.5 Å². The molecule has 0 saturated heterocycles. The Bertz CT molecular complexity index is 991. The lowest BCUT2D eigenvalue weighted by molar-refractivity contribution is 0.0696. The summed E-state index contributed by atoms with van der Waals surface area (Å²) in [5.41, 5.74) is 2.15. The number of carboxylic acids is 1. The van der Waals surface area contributed by atoms with Crippen LogP contribution in [0.2, 0.25) is 0 Å². The highest BCUT2D eigenvalue weighted by Crippen LogP contribution is 2.37. The van der Waals surface area contributed by atoms with Crippen molar-refractivity contribution in [2.45, 2.75) is 31.6 Å². The molecule has 0 saturated carbocycles. The summed E-state index contributed by atoms with van der Waals surface area (Å²) in [7, 11) is -3.98. The number of carboxylic acid groups (broad SMARTS) is 1. The fourth-order valence-electron chi connectivity index (χ4n) is 2.71. The van der Waals surface area contributed by atoms with E-state index in [1.807, 2.05) is 26.0 Å². The van der Waals surface area contributed by atoms with Crippen molar-refractivity contribution in [2.24, 2.45) is 4.40 Å². The van der Waals surface area contributed by atoms with Gasteiger partial charge in [-0.1, -0.05) is 43.2 Å². The van der Waals surface area contributed by atoms with Crippen LogP contribution >= 0.6 is 0 Å². The molecule has 3 rings (SSSR count). The molecule has 1 aliphatic heterocycles. The molecule has 0 spiro atoms. The van der Waals surface area contributed by atoms with Gasteiger partial charge in [0.2, 0.25) is 0 Å². The summed E-state index contributed by atoms with van der Waals surface area (Å²) in [6, 6.07) is 9.82. The minimum absolute atomic E-state index is 0.125. The molecule has 2 aromatic rings. The summed E-state index contributed by atoms with van der Waals surface area (Å²) in [6.07, 6.45) is 1.67. The van der Waals surface area contributed by atoms with Gasteiger partial charge in [-0.05, 0) is 25.5 Å². The van der Waals surface area contributed by atoms with E-state index in [4.69, 9.17) is 4.74 Å². The first-order chi connectivity index (χ1) is 12.3. The van der Waals surface area contributed by atoms with E-state index in [0.29, 0.717) is 17.7 Å². The van der Waals surface area contributed by atoms with Gasteiger partial charge in [0.25, 0.3) is 10.0 Å². The van der Waals surface area contributed by atoms with Crippen LogP contribution in [0.1, 0.15) is 46.8 Å². The van der Waals surface area contributed by atoms with E-state index in [9.17, 15) is 18.3 Å². The molecule has 0 radical (unpaired) electrons. The molecule has 0 aliphatic carbocycles. The number of rotatable bonds is 6. The zero-order chi connectivity index (χ0) is 18.9. The summed E-state index contributed by atoms with van der Waals surface area (Å²) in [4.78, 5) is 11.3. The fraction of sp³-hybridized carbons (Fsp3) is 0.263. The smallest absolute Gasteiger partial charge is 0.335 e. The first-order valence-electron chi connectivity index (χ1n) is 8.30. The number of sulfonamides is 1. The SMILES string of the molecule is CCCCOc1cc(C(=O)O)cc2c1C(c1ccc(C)cc1)=NS2(=O)=O. The molecule has 6 nitrogen and oxygen atoms in total. The maximum atomic E-state index is 12.5. The standard InChI is InChI=1S/C19H19NO5S/c1-3-4-9-25-15-10-14(19(21)22)11-16-17(15)18(20-26(16,23)24)13-7-5-12(2)6-8-13/h5-8,10-11H,3-4,9H2,1-2H3,(H,21,22). The van der Waals surface area contributed by atoms with Crippen molar-refractivity contribution < 1.29 is 23.1 Å². The Morgan fingerprint density at radius 1 is 1.19 bits per heavy atom. The Balaban J connectivity index is 2.20. The molecule has 1 aliphatic rings. The predicted molar refractivity (Wildman–Crippen MR) is 97.8 cm³/mol. The van der Waals surface area contributed by atoms with Crippen LogP contribution in [0, 0.1) is 6.92 Å². The van der Waals surface area contributed by atoms with Crippen molar-refractivity contribution in [1.82, 2.24) is 0 Å². The number of aryl methyl sites for hydroxylation is 1. The predicted octanol–water partition coefficient (Wildman–Crippen LogP) is 3.41. The van der Waals surface area contributed by atoms with Gasteiger partial charge in [-0.3, -0.25) is 0 Å². The third-order valence-corrected chi connectivity index (χ3v) is 5.42. The Morgan fingerprint density at radius 3 is 2.50 bits per heavy atom. The maximum Gasteiger partial charge on any atom is 0.335 e. The van der Waals surface area contributed by atoms with E-state index in [2.05, 4.69) is 4.40 Å². The molecule has 0 unspecified atom stereocenters. The quantitative estimate of drug-likeness (QED) is 0.783. The largest absolute Gasteiger partial charge is 0.493 e. The molecule has 26 heavy (non-hydrogen) atoms. The van der Waals surface area contributed by atoms with Crippen LogP contribution in [-0.2, 0) is 10.0 Å². The van der Waals surface area contributed by atoms with E-state index >= 15 is 0 Å². The van der Waals surface area contributed by atoms with Crippen LogP contribution in [0.4, 0.5) is 0 Å². The van der Waals surface area contributed by atoms with Gasteiger partial charge in [-0.15, -0.1) is 0 Å². The van der Waals surface area contributed by atoms with Crippen LogP contribution in [-0.4, -0.2) is 31.8 Å². The third kappa shape index (κ3) is 3.35. The maximum absolute atomic E-state index is 12.5. The molecule has 7 heteroatoms. The molecule has 0 atom stereocenters. The van der Waals surface area contributed by atoms with Gasteiger partial charge in [-0.25, -0.2) is 4.79 Å². The summed E-state index contributed by atoms with van der Waals surface area (Å²) in [6.45, 7) is 4.31. The number of aromatic carboxylic acids is 1. The van der Waals surface area contributed by atoms with Gasteiger partial charge in [0.05, 0.1) is 23.4 Å². The monoisotopic (exact) mass is 373 g/mol. The van der Waals surface area contributed by atoms with Gasteiger partial charge in [0.15, 0.2) is 0 Å². The van der Waals surface area contributed by atoms with E-state index in [1.54, 1.807) is 12.1 Å². The second-order valence-corrected chi connectivity index (χ2v) is 7.71. The van der Waals surface area contributed by atoms with Gasteiger partial charge in [0.1, 0.15) is 10.6 Å². The summed E-state index contributed by atoms with van der Waals surface area (Å²) >= 11 is 0. The number of unbranched alkanes of at least 4 members (excludes halogenated alkanes) is 1. The van der Waals surface area contributed by atoms with Crippen LogP contribution in [0.5, 0.6) is 5.75 Å². The van der Waals surface area contributed by atoms with E-state index in [1.165, 1.54) is 6.07 Å². The topological polar surface area (TPSA) is 93.0 Å². The molecule has 1 N–H and O–H groups in total. The molecule has 2 aromatic carbocycles. The van der Waals surface area contributed by atoms with E-state index < -0.39 is 16.0 Å². The fourth-order valence-corrected chi connectivity index (χ4v) is 3.98. The van der Waals surface area contributed by atoms with Gasteiger partial charge < -0.3 is 9.84 Å². The molecule has 0 amide bonds. The number of nitrogens with zero attached hydrogens (tertiary/aromatic N) is 1. The first-order valence-corrected chi connectivity index (χ1v) is 9.74. The van der Waals surface area contributed by atoms with Crippen molar-refractivity contribution in [3.8, 4) is 5.75 Å². The highest BCUT2D eigenvalue weighted by molar-refractivity contribution is 7.90. The highest BCUT2D eigenvalue weighted by Gasteiger charge is 2.34. The number of carbonyl (C=O) groups is 1. The number of ether oxygens (including phenoxy) is 1. The third-order valence-electron chi connectivity index (χ3n) is 4.12. The zero-order valence-electron chi connectivity index (χ0n) is 14.5. The Hall–Kier alpha value is -2.67. The molecule has 0 aromatic heterocycles. The minimum atomic E-state index is -3.98. The lowest BCUT2D eigenvalue weighted by Crippen LogP contribution is -2.09. The molecular weight excluding hydrogens is 354 g/mol. The summed E-state index contributed by atoms with van der Waals surface area (Å²) in [5, 5.41) is 9.31. The number of hydrogen-bond donors (Lipinski definition) is 1. The molecule has 136 valence electrons. The molecule has 0 bridgehead atoms. The van der Waals surface area contributed by atoms with Crippen molar-refractivity contribution in [1.29, 1.82) is 0 Å². The van der Waals surface area contributed by atoms with E-state index in [-0.39, 0.29) is 21.9 Å². The second kappa shape index (κ2) is 6.92. The average molecular weight is 373 g/mol. The van der Waals surface area contributed by atoms with Crippen molar-refractivity contribution in [3.63, 3.8) is 0 Å². The lowest BCUT2D eigenvalue weighted by atomic mass is 9.99. The van der Waals surface area contributed by atoms with Crippen molar-refractivity contribution >= 4 is 21.7 Å². The van der Waals surface area contributed by atoms with Crippen LogP contribution in [0.15, 0.2) is 45.7 Å². The number of fused-ring (bicyclic) bond motifs is 1. The molecule has 0 fully saturated rings. The molecular formula is C19H19NO5S. The highest BCUT2D eigenvalue weighted by atomic mass is 32.2. The Kier molecular flexibility index (Phi) is 4.82. The average Bonchev–Trinajstić information content (AvgIpc) is 2.87. The minimum Gasteiger partial charge on any atom is -0.493 e. The van der Waals surface area contributed by atoms with Crippen molar-refractivity contribution in [2.75, 3.05) is 6.61 Å². The van der Waals surface area contributed by atoms with Gasteiger partial charge in [-0.2, -0.15) is 12.8 Å².